The van der Waals surface area contributed by atoms with Gasteiger partial charge in [0.2, 0.25) is 26.0 Å². The van der Waals surface area contributed by atoms with E-state index in [1.807, 2.05) is 50.2 Å². The molecule has 4 aliphatic heterocycles. The largest absolute Gasteiger partial charge is 0.462 e. The number of rotatable bonds is 9. The Hall–Kier alpha value is -7.30. The second-order valence-electron chi connectivity index (χ2n) is 17.0. The van der Waals surface area contributed by atoms with Crippen LogP contribution in [-0.4, -0.2) is 38.2 Å². The van der Waals surface area contributed by atoms with E-state index in [2.05, 4.69) is 157 Å². The zero-order valence-electron chi connectivity index (χ0n) is 34.8. The van der Waals surface area contributed by atoms with Gasteiger partial charge in [0.05, 0.1) is 11.6 Å². The predicted molar refractivity (Wildman–Crippen MR) is 254 cm³/mol. The molecule has 8 aromatic carbocycles. The van der Waals surface area contributed by atoms with E-state index in [1.54, 1.807) is 0 Å². The van der Waals surface area contributed by atoms with Crippen molar-refractivity contribution in [1.82, 2.24) is 0 Å². The number of ether oxygens (including phenoxy) is 4. The van der Waals surface area contributed by atoms with Crippen LogP contribution < -0.4 is 47.2 Å². The summed E-state index contributed by atoms with van der Waals surface area (Å²) in [5.74, 6) is 1.62. The van der Waals surface area contributed by atoms with Gasteiger partial charge in [-0.1, -0.05) is 144 Å². The average molecular weight is 815 g/mol. The molecule has 0 saturated carbocycles. The lowest BCUT2D eigenvalue weighted by Gasteiger charge is -2.44. The van der Waals surface area contributed by atoms with E-state index < -0.39 is 0 Å². The van der Waals surface area contributed by atoms with E-state index in [0.717, 1.165) is 44.9 Å². The highest BCUT2D eigenvalue weighted by atomic mass is 16.8. The lowest BCUT2D eigenvalue weighted by atomic mass is 9.30. The molecule has 4 aliphatic rings. The summed E-state index contributed by atoms with van der Waals surface area (Å²) in [4.78, 5) is 2.50. The number of fused-ring (bicyclic) bond motifs is 4. The van der Waals surface area contributed by atoms with Crippen molar-refractivity contribution in [2.75, 3.05) is 4.90 Å². The van der Waals surface area contributed by atoms with E-state index in [1.165, 1.54) is 49.8 Å². The first-order chi connectivity index (χ1) is 31.0. The van der Waals surface area contributed by atoms with E-state index in [0.29, 0.717) is 5.56 Å². The normalized spacial score (nSPS) is 18.7. The Kier molecular flexibility index (Phi) is 8.89. The Morgan fingerprint density at radius 2 is 0.825 bits per heavy atom. The molecular weight excluding hydrogens is 774 g/mol. The van der Waals surface area contributed by atoms with E-state index >= 15 is 0 Å². The first-order valence-corrected chi connectivity index (χ1v) is 21.7. The Morgan fingerprint density at radius 3 is 1.22 bits per heavy atom. The highest BCUT2D eigenvalue weighted by molar-refractivity contribution is 7.02. The van der Waals surface area contributed by atoms with Gasteiger partial charge in [-0.25, -0.2) is 0 Å². The zero-order chi connectivity index (χ0) is 42.2. The molecular formula is C55H40B2N2O4. The molecule has 8 aromatic rings. The molecule has 6 nitrogen and oxygen atoms in total. The summed E-state index contributed by atoms with van der Waals surface area (Å²) in [6.07, 6.45) is -0.0348. The standard InChI is InChI=1S/C55H40B2N2O4/c1-34-54(60-34)62-45-27-19-39(20-28-45)37-15-23-43(24-16-37)56-47-7-3-5-9-51(47)59-52-10-6-4-8-48(52)57(50-32-42(31-49(56)53(50)59)41-13-11-36(33-58)12-14-41)44-25-17-38(18-26-44)40-21-29-46(30-22-40)63-55-35(2)61-55/h3-32,34-35,54-55H,1-2H3. The summed E-state index contributed by atoms with van der Waals surface area (Å²) in [6.45, 7) is 3.96. The highest BCUT2D eigenvalue weighted by Gasteiger charge is 2.44. The van der Waals surface area contributed by atoms with Gasteiger partial charge in [-0.2, -0.15) is 5.26 Å². The fraction of sp³-hybridized carbons (Fsp3) is 0.109. The van der Waals surface area contributed by atoms with Crippen molar-refractivity contribution in [1.29, 1.82) is 5.26 Å². The number of hydrogen-bond acceptors (Lipinski definition) is 6. The minimum absolute atomic E-state index is 0.0372. The van der Waals surface area contributed by atoms with Crippen molar-refractivity contribution in [2.45, 2.75) is 38.6 Å². The first-order valence-electron chi connectivity index (χ1n) is 21.7. The third-order valence-electron chi connectivity index (χ3n) is 13.0. The molecule has 4 unspecified atom stereocenters. The van der Waals surface area contributed by atoms with Crippen molar-refractivity contribution < 1.29 is 18.9 Å². The van der Waals surface area contributed by atoms with Gasteiger partial charge in [-0.05, 0) is 118 Å². The topological polar surface area (TPSA) is 70.6 Å². The molecule has 4 atom stereocenters. The zero-order valence-corrected chi connectivity index (χ0v) is 34.8. The SMILES string of the molecule is CC1OC1Oc1ccc(-c2ccc(B3c4ccccc4N4c5ccccc5B(c5ccc(-c6ccc(OC7OC7C)cc6)cc5)c5cc(-c6ccc(C#N)cc6)cc3c54)cc2)cc1. The van der Waals surface area contributed by atoms with Crippen molar-refractivity contribution >= 4 is 63.3 Å². The number of nitrogens with zero attached hydrogens (tertiary/aromatic N) is 2. The summed E-state index contributed by atoms with van der Waals surface area (Å²) < 4.78 is 22.8. The first kappa shape index (κ1) is 37.5. The molecule has 0 N–H and O–H groups in total. The Morgan fingerprint density at radius 1 is 0.460 bits per heavy atom. The monoisotopic (exact) mass is 814 g/mol. The van der Waals surface area contributed by atoms with Crippen LogP contribution in [0.5, 0.6) is 11.5 Å². The van der Waals surface area contributed by atoms with E-state index in [9.17, 15) is 5.26 Å². The van der Waals surface area contributed by atoms with Crippen LogP contribution in [-0.2, 0) is 9.47 Å². The maximum atomic E-state index is 9.70. The summed E-state index contributed by atoms with van der Waals surface area (Å²) >= 11 is 0. The number of nitriles is 1. The number of para-hydroxylation sites is 2. The van der Waals surface area contributed by atoms with Gasteiger partial charge in [-0.3, -0.25) is 0 Å². The average Bonchev–Trinajstić information content (AvgIpc) is 4.25. The molecule has 12 rings (SSSR count). The fourth-order valence-corrected chi connectivity index (χ4v) is 9.61. The maximum Gasteiger partial charge on any atom is 0.246 e. The molecule has 0 radical (unpaired) electrons. The van der Waals surface area contributed by atoms with Gasteiger partial charge in [0.25, 0.3) is 0 Å². The second kappa shape index (κ2) is 15.0. The number of anilines is 3. The van der Waals surface area contributed by atoms with Crippen LogP contribution >= 0.6 is 0 Å². The number of hydrogen-bond donors (Lipinski definition) is 0. The molecule has 0 bridgehead atoms. The summed E-state index contributed by atoms with van der Waals surface area (Å²) in [6, 6.07) is 67.5. The molecule has 4 heterocycles. The quantitative estimate of drug-likeness (QED) is 0.109. The molecule has 63 heavy (non-hydrogen) atoms. The Bertz CT molecular complexity index is 2900. The Labute approximate surface area is 368 Å². The predicted octanol–water partition coefficient (Wildman–Crippen LogP) is 7.94. The van der Waals surface area contributed by atoms with Gasteiger partial charge in [0.1, 0.15) is 23.7 Å². The van der Waals surface area contributed by atoms with Crippen LogP contribution in [0.2, 0.25) is 0 Å². The fourth-order valence-electron chi connectivity index (χ4n) is 9.61. The Balaban J connectivity index is 0.984. The van der Waals surface area contributed by atoms with E-state index in [4.69, 9.17) is 18.9 Å². The summed E-state index contributed by atoms with van der Waals surface area (Å²) in [7, 11) is 0. The van der Waals surface area contributed by atoms with Crippen LogP contribution in [0.1, 0.15) is 19.4 Å². The summed E-state index contributed by atoms with van der Waals surface area (Å²) in [5.41, 5.74) is 18.4. The lowest BCUT2D eigenvalue weighted by Crippen LogP contribution is -2.65. The maximum absolute atomic E-state index is 9.70. The van der Waals surface area contributed by atoms with E-state index in [-0.39, 0.29) is 38.2 Å². The van der Waals surface area contributed by atoms with Gasteiger partial charge in [-0.15, -0.1) is 0 Å². The van der Waals surface area contributed by atoms with Gasteiger partial charge >= 0.3 is 0 Å². The number of benzene rings is 8. The third-order valence-corrected chi connectivity index (χ3v) is 13.0. The molecule has 0 aromatic heterocycles. The van der Waals surface area contributed by atoms with Crippen LogP contribution in [0, 0.1) is 11.3 Å². The third kappa shape index (κ3) is 6.69. The highest BCUT2D eigenvalue weighted by Crippen LogP contribution is 2.39. The van der Waals surface area contributed by atoms with Gasteiger partial charge < -0.3 is 23.8 Å². The van der Waals surface area contributed by atoms with Gasteiger partial charge in [0, 0.05) is 17.1 Å². The van der Waals surface area contributed by atoms with Crippen LogP contribution in [0.3, 0.4) is 0 Å². The molecule has 8 heteroatoms. The van der Waals surface area contributed by atoms with Crippen molar-refractivity contribution in [3.05, 3.63) is 188 Å². The number of epoxide rings is 2. The van der Waals surface area contributed by atoms with Crippen LogP contribution in [0.15, 0.2) is 182 Å². The van der Waals surface area contributed by atoms with Crippen LogP contribution in [0.25, 0.3) is 33.4 Å². The smallest absolute Gasteiger partial charge is 0.246 e. The minimum atomic E-state index is -0.156. The lowest BCUT2D eigenvalue weighted by molar-refractivity contribution is 0.178. The van der Waals surface area contributed by atoms with Gasteiger partial charge in [0.15, 0.2) is 0 Å². The van der Waals surface area contributed by atoms with Crippen LogP contribution in [0.4, 0.5) is 17.1 Å². The second-order valence-corrected chi connectivity index (χ2v) is 17.0. The molecule has 0 spiro atoms. The molecule has 0 aliphatic carbocycles. The molecule has 300 valence electrons. The minimum Gasteiger partial charge on any atom is -0.462 e. The molecule has 2 fully saturated rings. The molecule has 0 amide bonds. The van der Waals surface area contributed by atoms with Crippen molar-refractivity contribution in [3.63, 3.8) is 0 Å². The summed E-state index contributed by atoms with van der Waals surface area (Å²) in [5, 5.41) is 9.70. The van der Waals surface area contributed by atoms with Crippen molar-refractivity contribution in [3.8, 4) is 50.9 Å². The van der Waals surface area contributed by atoms with Crippen molar-refractivity contribution in [2.24, 2.45) is 0 Å². The molecule has 2 saturated heterocycles.